The second-order valence-electron chi connectivity index (χ2n) is 4.69. The molecule has 2 heterocycles. The molecular weight excluding hydrogens is 219 g/mol. The molecule has 0 aromatic heterocycles. The van der Waals surface area contributed by atoms with E-state index in [4.69, 9.17) is 0 Å². The van der Waals surface area contributed by atoms with E-state index in [9.17, 15) is 9.18 Å². The summed E-state index contributed by atoms with van der Waals surface area (Å²) in [4.78, 5) is 13.9. The summed E-state index contributed by atoms with van der Waals surface area (Å²) in [5, 5.41) is 3.29. The van der Waals surface area contributed by atoms with Crippen molar-refractivity contribution in [2.24, 2.45) is 0 Å². The molecule has 1 N–H and O–H groups in total. The molecular formula is C13H15FN2O. The first-order valence-electron chi connectivity index (χ1n) is 6.07. The SMILES string of the molecule is O=C1Cc2cc(F)ccc2N1C1CCNCC1. The summed E-state index contributed by atoms with van der Waals surface area (Å²) in [6.45, 7) is 1.90. The van der Waals surface area contributed by atoms with Crippen molar-refractivity contribution in [3.05, 3.63) is 29.6 Å². The Bertz CT molecular complexity index is 455. The summed E-state index contributed by atoms with van der Waals surface area (Å²) in [6, 6.07) is 4.92. The van der Waals surface area contributed by atoms with Crippen molar-refractivity contribution in [3.8, 4) is 0 Å². The fraction of sp³-hybridized carbons (Fsp3) is 0.462. The normalized spacial score (nSPS) is 20.8. The summed E-state index contributed by atoms with van der Waals surface area (Å²) in [5.41, 5.74) is 1.73. The van der Waals surface area contributed by atoms with Gasteiger partial charge in [0.2, 0.25) is 5.91 Å². The van der Waals surface area contributed by atoms with Gasteiger partial charge in [-0.15, -0.1) is 0 Å². The van der Waals surface area contributed by atoms with Crippen LogP contribution in [-0.2, 0) is 11.2 Å². The Morgan fingerprint density at radius 2 is 2.06 bits per heavy atom. The van der Waals surface area contributed by atoms with Crippen LogP contribution in [0.1, 0.15) is 18.4 Å². The van der Waals surface area contributed by atoms with Gasteiger partial charge in [-0.3, -0.25) is 4.79 Å². The molecule has 1 aromatic rings. The molecule has 0 atom stereocenters. The number of hydrogen-bond donors (Lipinski definition) is 1. The van der Waals surface area contributed by atoms with Crippen LogP contribution in [0.25, 0.3) is 0 Å². The molecule has 90 valence electrons. The number of rotatable bonds is 1. The number of piperidine rings is 1. The molecule has 2 aliphatic rings. The lowest BCUT2D eigenvalue weighted by molar-refractivity contribution is -0.117. The number of nitrogens with zero attached hydrogens (tertiary/aromatic N) is 1. The summed E-state index contributed by atoms with van der Waals surface area (Å²) in [5.74, 6) is -0.152. The van der Waals surface area contributed by atoms with Crippen LogP contribution in [0.5, 0.6) is 0 Å². The van der Waals surface area contributed by atoms with Gasteiger partial charge in [-0.05, 0) is 49.7 Å². The van der Waals surface area contributed by atoms with Crippen molar-refractivity contribution >= 4 is 11.6 Å². The van der Waals surface area contributed by atoms with E-state index in [2.05, 4.69) is 5.32 Å². The van der Waals surface area contributed by atoms with Crippen molar-refractivity contribution in [1.29, 1.82) is 0 Å². The van der Waals surface area contributed by atoms with Crippen LogP contribution < -0.4 is 10.2 Å². The molecule has 0 saturated carbocycles. The van der Waals surface area contributed by atoms with Gasteiger partial charge in [0.25, 0.3) is 0 Å². The van der Waals surface area contributed by atoms with Gasteiger partial charge in [0.05, 0.1) is 6.42 Å². The highest BCUT2D eigenvalue weighted by atomic mass is 19.1. The fourth-order valence-electron chi connectivity index (χ4n) is 2.78. The molecule has 0 aliphatic carbocycles. The van der Waals surface area contributed by atoms with E-state index in [-0.39, 0.29) is 17.8 Å². The Kier molecular flexibility index (Phi) is 2.59. The van der Waals surface area contributed by atoms with Crippen LogP contribution in [0.4, 0.5) is 10.1 Å². The second kappa shape index (κ2) is 4.11. The summed E-state index contributed by atoms with van der Waals surface area (Å²) in [7, 11) is 0. The first-order chi connectivity index (χ1) is 8.25. The second-order valence-corrected chi connectivity index (χ2v) is 4.69. The van der Waals surface area contributed by atoms with Gasteiger partial charge < -0.3 is 10.2 Å². The van der Waals surface area contributed by atoms with Crippen LogP contribution in [0, 0.1) is 5.82 Å². The maximum absolute atomic E-state index is 13.1. The molecule has 1 aromatic carbocycles. The zero-order valence-electron chi connectivity index (χ0n) is 9.58. The molecule has 0 unspecified atom stereocenters. The first-order valence-corrected chi connectivity index (χ1v) is 6.07. The molecule has 2 aliphatic heterocycles. The molecule has 4 heteroatoms. The Morgan fingerprint density at radius 3 is 2.82 bits per heavy atom. The minimum atomic E-state index is -0.260. The Hall–Kier alpha value is -1.42. The van der Waals surface area contributed by atoms with Gasteiger partial charge in [0.15, 0.2) is 0 Å². The van der Waals surface area contributed by atoms with E-state index in [1.807, 2.05) is 4.90 Å². The highest BCUT2D eigenvalue weighted by Gasteiger charge is 2.33. The molecule has 3 nitrogen and oxygen atoms in total. The lowest BCUT2D eigenvalue weighted by Crippen LogP contribution is -2.44. The largest absolute Gasteiger partial charge is 0.317 e. The van der Waals surface area contributed by atoms with Crippen molar-refractivity contribution < 1.29 is 9.18 Å². The van der Waals surface area contributed by atoms with Crippen molar-refractivity contribution in [3.63, 3.8) is 0 Å². The van der Waals surface area contributed by atoms with Gasteiger partial charge in [0.1, 0.15) is 5.82 Å². The number of nitrogens with one attached hydrogen (secondary N) is 1. The summed E-state index contributed by atoms with van der Waals surface area (Å²) in [6.07, 6.45) is 2.29. The topological polar surface area (TPSA) is 32.3 Å². The minimum absolute atomic E-state index is 0.109. The molecule has 3 rings (SSSR count). The van der Waals surface area contributed by atoms with E-state index >= 15 is 0 Å². The zero-order chi connectivity index (χ0) is 11.8. The quantitative estimate of drug-likeness (QED) is 0.798. The number of carbonyl (C=O) groups is 1. The van der Waals surface area contributed by atoms with E-state index in [1.165, 1.54) is 12.1 Å². The van der Waals surface area contributed by atoms with Gasteiger partial charge in [-0.2, -0.15) is 0 Å². The average Bonchev–Trinajstić information content (AvgIpc) is 2.65. The lowest BCUT2D eigenvalue weighted by atomic mass is 10.0. The van der Waals surface area contributed by atoms with Crippen LogP contribution >= 0.6 is 0 Å². The number of amides is 1. The van der Waals surface area contributed by atoms with Crippen LogP contribution in [0.3, 0.4) is 0 Å². The molecule has 17 heavy (non-hydrogen) atoms. The molecule has 0 spiro atoms. The van der Waals surface area contributed by atoms with E-state index in [0.29, 0.717) is 6.42 Å². The third-order valence-electron chi connectivity index (χ3n) is 3.59. The Morgan fingerprint density at radius 1 is 1.29 bits per heavy atom. The number of anilines is 1. The maximum atomic E-state index is 13.1. The Balaban J connectivity index is 1.93. The van der Waals surface area contributed by atoms with Crippen molar-refractivity contribution in [1.82, 2.24) is 5.32 Å². The molecule has 1 fully saturated rings. The van der Waals surface area contributed by atoms with Crippen LogP contribution in [0.15, 0.2) is 18.2 Å². The predicted molar refractivity (Wildman–Crippen MR) is 63.5 cm³/mol. The van der Waals surface area contributed by atoms with Gasteiger partial charge in [-0.1, -0.05) is 0 Å². The van der Waals surface area contributed by atoms with Crippen LogP contribution in [-0.4, -0.2) is 25.0 Å². The minimum Gasteiger partial charge on any atom is -0.317 e. The highest BCUT2D eigenvalue weighted by Crippen LogP contribution is 2.33. The van der Waals surface area contributed by atoms with E-state index in [1.54, 1.807) is 6.07 Å². The van der Waals surface area contributed by atoms with Gasteiger partial charge in [-0.25, -0.2) is 4.39 Å². The first kappa shape index (κ1) is 10.7. The Labute approximate surface area is 99.6 Å². The van der Waals surface area contributed by atoms with E-state index < -0.39 is 0 Å². The standard InChI is InChI=1S/C13H15FN2O/c14-10-1-2-12-9(7-10)8-13(17)16(12)11-3-5-15-6-4-11/h1-2,7,11,15H,3-6,8H2. The molecule has 0 radical (unpaired) electrons. The highest BCUT2D eigenvalue weighted by molar-refractivity contribution is 6.01. The fourth-order valence-corrected chi connectivity index (χ4v) is 2.78. The number of halogens is 1. The average molecular weight is 234 g/mol. The maximum Gasteiger partial charge on any atom is 0.231 e. The van der Waals surface area contributed by atoms with Crippen molar-refractivity contribution in [2.45, 2.75) is 25.3 Å². The van der Waals surface area contributed by atoms with E-state index in [0.717, 1.165) is 37.2 Å². The zero-order valence-corrected chi connectivity index (χ0v) is 9.58. The molecule has 1 amide bonds. The van der Waals surface area contributed by atoms with Crippen molar-refractivity contribution in [2.75, 3.05) is 18.0 Å². The summed E-state index contributed by atoms with van der Waals surface area (Å²) < 4.78 is 13.1. The monoisotopic (exact) mass is 234 g/mol. The molecule has 1 saturated heterocycles. The number of fused-ring (bicyclic) bond motifs is 1. The smallest absolute Gasteiger partial charge is 0.231 e. The van der Waals surface area contributed by atoms with Crippen LogP contribution in [0.2, 0.25) is 0 Å². The summed E-state index contributed by atoms with van der Waals surface area (Å²) >= 11 is 0. The number of benzene rings is 1. The third-order valence-corrected chi connectivity index (χ3v) is 3.59. The van der Waals surface area contributed by atoms with Gasteiger partial charge in [0, 0.05) is 11.7 Å². The molecule has 0 bridgehead atoms. The predicted octanol–water partition coefficient (Wildman–Crippen LogP) is 1.47. The number of carbonyl (C=O) groups excluding carboxylic acids is 1. The number of hydrogen-bond acceptors (Lipinski definition) is 2. The van der Waals surface area contributed by atoms with Gasteiger partial charge >= 0.3 is 0 Å². The lowest BCUT2D eigenvalue weighted by Gasteiger charge is -2.32. The third kappa shape index (κ3) is 1.82.